The fourth-order valence-electron chi connectivity index (χ4n) is 1.94. The fraction of sp³-hybridized carbons (Fsp3) is 0.0588. The van der Waals surface area contributed by atoms with E-state index in [1.165, 1.54) is 37.3 Å². The zero-order chi connectivity index (χ0) is 17.5. The third-order valence-corrected chi connectivity index (χ3v) is 3.08. The molecule has 0 spiro atoms. The molecule has 0 aliphatic rings. The Balaban J connectivity index is 2.16. The number of nitrogens with zero attached hydrogens (tertiary/aromatic N) is 1. The second-order valence-corrected chi connectivity index (χ2v) is 4.92. The first kappa shape index (κ1) is 16.9. The van der Waals surface area contributed by atoms with Crippen molar-refractivity contribution in [2.45, 2.75) is 6.92 Å². The number of allylic oxidation sites excluding steroid dienone is 1. The van der Waals surface area contributed by atoms with Crippen LogP contribution in [0.3, 0.4) is 0 Å². The lowest BCUT2D eigenvalue weighted by Gasteiger charge is -2.12. The number of hydrogen-bond donors (Lipinski definition) is 2. The number of nitro groups is 1. The lowest BCUT2D eigenvalue weighted by Crippen LogP contribution is -2.36. The predicted molar refractivity (Wildman–Crippen MR) is 88.8 cm³/mol. The van der Waals surface area contributed by atoms with Crippen LogP contribution in [0, 0.1) is 10.1 Å². The summed E-state index contributed by atoms with van der Waals surface area (Å²) in [5.74, 6) is -0.600. The number of ketones is 1. The highest BCUT2D eigenvalue weighted by Crippen LogP contribution is 2.17. The molecule has 0 atom stereocenters. The molecular weight excluding hydrogens is 310 g/mol. The summed E-state index contributed by atoms with van der Waals surface area (Å²) in [5.41, 5.74) is 6.44. The number of carbonyl (C=O) groups is 2. The SMILES string of the molecule is CC(=O)C=C(NNC(=O)c1ccccc1)c1ccc([N+](=O)[O-])cc1. The largest absolute Gasteiger partial charge is 0.298 e. The van der Waals surface area contributed by atoms with E-state index in [1.54, 1.807) is 30.3 Å². The number of benzene rings is 2. The second-order valence-electron chi connectivity index (χ2n) is 4.92. The summed E-state index contributed by atoms with van der Waals surface area (Å²) in [6, 6.07) is 14.2. The van der Waals surface area contributed by atoms with Crippen LogP contribution in [0.4, 0.5) is 5.69 Å². The highest BCUT2D eigenvalue weighted by atomic mass is 16.6. The average Bonchev–Trinajstić information content (AvgIpc) is 2.59. The minimum Gasteiger partial charge on any atom is -0.298 e. The number of nitrogens with one attached hydrogen (secondary N) is 2. The Kier molecular flexibility index (Phi) is 5.40. The highest BCUT2D eigenvalue weighted by Gasteiger charge is 2.09. The summed E-state index contributed by atoms with van der Waals surface area (Å²) in [7, 11) is 0. The maximum atomic E-state index is 12.0. The molecular formula is C17H15N3O4. The van der Waals surface area contributed by atoms with Crippen molar-refractivity contribution in [3.8, 4) is 0 Å². The maximum absolute atomic E-state index is 12.0. The van der Waals surface area contributed by atoms with Crippen molar-refractivity contribution in [2.75, 3.05) is 0 Å². The molecule has 0 saturated heterocycles. The number of hydrazine groups is 1. The molecule has 2 rings (SSSR count). The molecule has 0 aromatic heterocycles. The van der Waals surface area contributed by atoms with Crippen LogP contribution in [-0.4, -0.2) is 16.6 Å². The van der Waals surface area contributed by atoms with Crippen molar-refractivity contribution >= 4 is 23.1 Å². The molecule has 0 aliphatic heterocycles. The van der Waals surface area contributed by atoms with E-state index in [9.17, 15) is 19.7 Å². The van der Waals surface area contributed by atoms with Gasteiger partial charge in [0.2, 0.25) is 0 Å². The predicted octanol–water partition coefficient (Wildman–Crippen LogP) is 2.46. The lowest BCUT2D eigenvalue weighted by molar-refractivity contribution is -0.384. The lowest BCUT2D eigenvalue weighted by atomic mass is 10.1. The molecule has 0 radical (unpaired) electrons. The Labute approximate surface area is 138 Å². The van der Waals surface area contributed by atoms with E-state index in [2.05, 4.69) is 10.9 Å². The van der Waals surface area contributed by atoms with Crippen LogP contribution in [0.1, 0.15) is 22.8 Å². The third-order valence-electron chi connectivity index (χ3n) is 3.08. The molecule has 2 aromatic rings. The molecule has 0 heterocycles. The molecule has 2 aromatic carbocycles. The number of carbonyl (C=O) groups excluding carboxylic acids is 2. The molecule has 0 saturated carbocycles. The van der Waals surface area contributed by atoms with Crippen LogP contribution in [0.15, 0.2) is 60.7 Å². The molecule has 1 amide bonds. The van der Waals surface area contributed by atoms with Gasteiger partial charge in [0, 0.05) is 29.3 Å². The monoisotopic (exact) mass is 325 g/mol. The van der Waals surface area contributed by atoms with Gasteiger partial charge in [-0.25, -0.2) is 0 Å². The number of nitro benzene ring substituents is 1. The molecule has 24 heavy (non-hydrogen) atoms. The first-order valence-corrected chi connectivity index (χ1v) is 7.06. The summed E-state index contributed by atoms with van der Waals surface area (Å²) in [6.07, 6.45) is 1.30. The minimum absolute atomic E-state index is 0.0609. The minimum atomic E-state index is -0.511. The van der Waals surface area contributed by atoms with Crippen molar-refractivity contribution in [1.29, 1.82) is 0 Å². The maximum Gasteiger partial charge on any atom is 0.269 e. The fourth-order valence-corrected chi connectivity index (χ4v) is 1.94. The van der Waals surface area contributed by atoms with Crippen LogP contribution in [0.25, 0.3) is 5.70 Å². The number of rotatable bonds is 6. The summed E-state index contributed by atoms with van der Waals surface area (Å²) in [5, 5.41) is 10.7. The van der Waals surface area contributed by atoms with Crippen molar-refractivity contribution in [3.05, 3.63) is 81.9 Å². The summed E-state index contributed by atoms with van der Waals surface area (Å²) in [4.78, 5) is 33.6. The van der Waals surface area contributed by atoms with E-state index in [0.717, 1.165) is 0 Å². The van der Waals surface area contributed by atoms with E-state index in [1.807, 2.05) is 0 Å². The van der Waals surface area contributed by atoms with Crippen LogP contribution < -0.4 is 10.9 Å². The normalized spacial score (nSPS) is 10.8. The zero-order valence-corrected chi connectivity index (χ0v) is 12.9. The van der Waals surface area contributed by atoms with Gasteiger partial charge in [-0.15, -0.1) is 0 Å². The van der Waals surface area contributed by atoms with E-state index in [4.69, 9.17) is 0 Å². The Hall–Kier alpha value is -3.48. The number of amides is 1. The van der Waals surface area contributed by atoms with E-state index < -0.39 is 4.92 Å². The number of non-ortho nitro benzene ring substituents is 1. The van der Waals surface area contributed by atoms with Gasteiger partial charge in [-0.2, -0.15) is 0 Å². The van der Waals surface area contributed by atoms with Gasteiger partial charge in [-0.1, -0.05) is 18.2 Å². The van der Waals surface area contributed by atoms with Crippen molar-refractivity contribution in [1.82, 2.24) is 10.9 Å². The van der Waals surface area contributed by atoms with Gasteiger partial charge in [0.25, 0.3) is 11.6 Å². The first-order chi connectivity index (χ1) is 11.5. The third kappa shape index (κ3) is 4.51. The van der Waals surface area contributed by atoms with Crippen LogP contribution >= 0.6 is 0 Å². The number of hydrogen-bond acceptors (Lipinski definition) is 5. The summed E-state index contributed by atoms with van der Waals surface area (Å²) in [6.45, 7) is 1.37. The standard InChI is InChI=1S/C17H15N3O4/c1-12(21)11-16(13-7-9-15(10-8-13)20(23)24)18-19-17(22)14-5-3-2-4-6-14/h2-11,18H,1H3,(H,19,22). The highest BCUT2D eigenvalue weighted by molar-refractivity contribution is 5.97. The Morgan fingerprint density at radius 3 is 2.12 bits per heavy atom. The van der Waals surface area contributed by atoms with Crippen molar-refractivity contribution in [2.24, 2.45) is 0 Å². The van der Waals surface area contributed by atoms with Gasteiger partial charge in [0.1, 0.15) is 0 Å². The van der Waals surface area contributed by atoms with Gasteiger partial charge in [0.05, 0.1) is 10.6 Å². The van der Waals surface area contributed by atoms with Gasteiger partial charge in [-0.3, -0.25) is 30.6 Å². The summed E-state index contributed by atoms with van der Waals surface area (Å²) >= 11 is 0. The topological polar surface area (TPSA) is 101 Å². The Morgan fingerprint density at radius 1 is 0.958 bits per heavy atom. The molecule has 2 N–H and O–H groups in total. The molecule has 122 valence electrons. The van der Waals surface area contributed by atoms with Crippen LogP contribution in [0.5, 0.6) is 0 Å². The molecule has 0 fully saturated rings. The van der Waals surface area contributed by atoms with E-state index in [-0.39, 0.29) is 17.4 Å². The van der Waals surface area contributed by atoms with Crippen LogP contribution in [0.2, 0.25) is 0 Å². The molecule has 7 nitrogen and oxygen atoms in total. The van der Waals surface area contributed by atoms with Crippen molar-refractivity contribution < 1.29 is 14.5 Å². The molecule has 0 aliphatic carbocycles. The second kappa shape index (κ2) is 7.68. The first-order valence-electron chi connectivity index (χ1n) is 7.06. The quantitative estimate of drug-likeness (QED) is 0.482. The van der Waals surface area contributed by atoms with Crippen LogP contribution in [-0.2, 0) is 4.79 Å². The van der Waals surface area contributed by atoms with Gasteiger partial charge in [-0.05, 0) is 31.2 Å². The Morgan fingerprint density at radius 2 is 1.58 bits per heavy atom. The molecule has 7 heteroatoms. The summed E-state index contributed by atoms with van der Waals surface area (Å²) < 4.78 is 0. The molecule has 0 unspecified atom stereocenters. The average molecular weight is 325 g/mol. The van der Waals surface area contributed by atoms with Gasteiger partial charge >= 0.3 is 0 Å². The van der Waals surface area contributed by atoms with E-state index in [0.29, 0.717) is 16.8 Å². The molecule has 0 bridgehead atoms. The van der Waals surface area contributed by atoms with Gasteiger partial charge in [0.15, 0.2) is 5.78 Å². The van der Waals surface area contributed by atoms with E-state index >= 15 is 0 Å². The van der Waals surface area contributed by atoms with Gasteiger partial charge < -0.3 is 0 Å². The Bertz CT molecular complexity index is 783. The zero-order valence-electron chi connectivity index (χ0n) is 12.9. The smallest absolute Gasteiger partial charge is 0.269 e. The van der Waals surface area contributed by atoms with Crippen molar-refractivity contribution in [3.63, 3.8) is 0 Å².